The summed E-state index contributed by atoms with van der Waals surface area (Å²) < 4.78 is 10.9. The zero-order valence-corrected chi connectivity index (χ0v) is 14.0. The van der Waals surface area contributed by atoms with Crippen molar-refractivity contribution in [1.82, 2.24) is 4.90 Å². The molecule has 23 heavy (non-hydrogen) atoms. The van der Waals surface area contributed by atoms with Crippen LogP contribution in [0.1, 0.15) is 48.5 Å². The lowest BCUT2D eigenvalue weighted by Gasteiger charge is -2.26. The molecule has 0 bridgehead atoms. The number of ether oxygens (including phenoxy) is 2. The van der Waals surface area contributed by atoms with E-state index in [4.69, 9.17) is 9.47 Å². The maximum Gasteiger partial charge on any atom is 0.338 e. The zero-order chi connectivity index (χ0) is 16.1. The quantitative estimate of drug-likeness (QED) is 0.782. The first-order chi connectivity index (χ1) is 11.2. The van der Waals surface area contributed by atoms with Gasteiger partial charge in [-0.05, 0) is 57.0 Å². The monoisotopic (exact) mass is 317 g/mol. The van der Waals surface area contributed by atoms with Crippen LogP contribution in [0, 0.1) is 5.92 Å². The first-order valence-corrected chi connectivity index (χ1v) is 8.82. The van der Waals surface area contributed by atoms with Crippen LogP contribution >= 0.6 is 0 Å². The maximum atomic E-state index is 12.2. The normalized spacial score (nSPS) is 23.6. The lowest BCUT2D eigenvalue weighted by Crippen LogP contribution is -2.29. The average Bonchev–Trinajstić information content (AvgIpc) is 3.11. The molecule has 2 saturated heterocycles. The van der Waals surface area contributed by atoms with E-state index in [1.165, 1.54) is 37.9 Å². The van der Waals surface area contributed by atoms with Crippen LogP contribution in [0.3, 0.4) is 0 Å². The minimum atomic E-state index is -0.228. The fourth-order valence-electron chi connectivity index (χ4n) is 3.38. The van der Waals surface area contributed by atoms with Gasteiger partial charge < -0.3 is 9.47 Å². The highest BCUT2D eigenvalue weighted by atomic mass is 16.5. The summed E-state index contributed by atoms with van der Waals surface area (Å²) in [5.74, 6) is 0.103. The molecule has 0 N–H and O–H groups in total. The van der Waals surface area contributed by atoms with E-state index in [0.717, 1.165) is 19.6 Å². The summed E-state index contributed by atoms with van der Waals surface area (Å²) in [6.07, 6.45) is 4.84. The van der Waals surface area contributed by atoms with Gasteiger partial charge in [-0.3, -0.25) is 4.90 Å². The predicted molar refractivity (Wildman–Crippen MR) is 89.4 cm³/mol. The Morgan fingerprint density at radius 3 is 2.65 bits per heavy atom. The lowest BCUT2D eigenvalue weighted by molar-refractivity contribution is 0.0180. The number of benzene rings is 1. The van der Waals surface area contributed by atoms with Gasteiger partial charge in [0, 0.05) is 19.1 Å². The summed E-state index contributed by atoms with van der Waals surface area (Å²) in [7, 11) is 0. The van der Waals surface area contributed by atoms with Crippen LogP contribution in [0.5, 0.6) is 0 Å². The van der Waals surface area contributed by atoms with Gasteiger partial charge in [0.1, 0.15) is 6.10 Å². The fourth-order valence-corrected chi connectivity index (χ4v) is 3.38. The van der Waals surface area contributed by atoms with E-state index in [0.29, 0.717) is 18.1 Å². The van der Waals surface area contributed by atoms with E-state index in [-0.39, 0.29) is 12.1 Å². The van der Waals surface area contributed by atoms with Crippen LogP contribution in [-0.2, 0) is 16.0 Å². The molecule has 0 spiro atoms. The molecule has 1 aromatic carbocycles. The molecule has 2 fully saturated rings. The summed E-state index contributed by atoms with van der Waals surface area (Å²) in [5.41, 5.74) is 1.90. The number of esters is 1. The summed E-state index contributed by atoms with van der Waals surface area (Å²) in [4.78, 5) is 14.7. The Morgan fingerprint density at radius 1 is 1.26 bits per heavy atom. The number of carbonyl (C=O) groups excluding carboxylic acids is 1. The average molecular weight is 317 g/mol. The van der Waals surface area contributed by atoms with Crippen molar-refractivity contribution >= 4 is 5.97 Å². The van der Waals surface area contributed by atoms with Crippen LogP contribution in [0.4, 0.5) is 0 Å². The third kappa shape index (κ3) is 4.55. The second-order valence-corrected chi connectivity index (χ2v) is 6.77. The Balaban J connectivity index is 1.52. The van der Waals surface area contributed by atoms with Gasteiger partial charge >= 0.3 is 5.97 Å². The van der Waals surface area contributed by atoms with Gasteiger partial charge in [-0.1, -0.05) is 18.6 Å². The molecule has 0 aromatic heterocycles. The molecule has 2 aliphatic heterocycles. The number of hydrogen-bond donors (Lipinski definition) is 0. The van der Waals surface area contributed by atoms with Gasteiger partial charge in [0.15, 0.2) is 0 Å². The van der Waals surface area contributed by atoms with E-state index in [9.17, 15) is 4.79 Å². The molecule has 126 valence electrons. The van der Waals surface area contributed by atoms with E-state index in [1.807, 2.05) is 19.1 Å². The van der Waals surface area contributed by atoms with Crippen molar-refractivity contribution in [3.63, 3.8) is 0 Å². The molecule has 4 nitrogen and oxygen atoms in total. The van der Waals surface area contributed by atoms with Crippen molar-refractivity contribution < 1.29 is 14.3 Å². The Morgan fingerprint density at radius 2 is 2.00 bits per heavy atom. The molecule has 2 aliphatic rings. The third-order valence-electron chi connectivity index (χ3n) is 4.97. The van der Waals surface area contributed by atoms with Crippen molar-refractivity contribution in [3.05, 3.63) is 35.4 Å². The van der Waals surface area contributed by atoms with Crippen molar-refractivity contribution in [2.75, 3.05) is 26.3 Å². The van der Waals surface area contributed by atoms with Crippen molar-refractivity contribution in [3.8, 4) is 0 Å². The Kier molecular flexibility index (Phi) is 5.68. The summed E-state index contributed by atoms with van der Waals surface area (Å²) in [6.45, 7) is 6.78. The Hall–Kier alpha value is -1.39. The van der Waals surface area contributed by atoms with Gasteiger partial charge in [0.2, 0.25) is 0 Å². The molecule has 4 heteroatoms. The molecule has 0 radical (unpaired) electrons. The standard InChI is InChI=1S/C19H27NO3/c1-15(18-9-12-22-14-18)23-19(21)17-7-5-16(6-8-17)13-20-10-3-2-4-11-20/h5-8,15,18H,2-4,9-14H2,1H3/t15-,18-/m0/s1. The molecule has 0 unspecified atom stereocenters. The molecular formula is C19H27NO3. The van der Waals surface area contributed by atoms with Crippen LogP contribution in [0.2, 0.25) is 0 Å². The van der Waals surface area contributed by atoms with Crippen molar-refractivity contribution in [2.24, 2.45) is 5.92 Å². The van der Waals surface area contributed by atoms with Crippen LogP contribution < -0.4 is 0 Å². The maximum absolute atomic E-state index is 12.2. The fraction of sp³-hybridized carbons (Fsp3) is 0.632. The van der Waals surface area contributed by atoms with E-state index in [1.54, 1.807) is 0 Å². The van der Waals surface area contributed by atoms with Gasteiger partial charge in [-0.2, -0.15) is 0 Å². The number of nitrogens with zero attached hydrogens (tertiary/aromatic N) is 1. The Labute approximate surface area is 138 Å². The van der Waals surface area contributed by atoms with Crippen LogP contribution in [-0.4, -0.2) is 43.3 Å². The van der Waals surface area contributed by atoms with Gasteiger partial charge in [-0.15, -0.1) is 0 Å². The molecule has 0 aliphatic carbocycles. The van der Waals surface area contributed by atoms with E-state index < -0.39 is 0 Å². The lowest BCUT2D eigenvalue weighted by atomic mass is 10.0. The smallest absolute Gasteiger partial charge is 0.338 e. The molecule has 2 atom stereocenters. The van der Waals surface area contributed by atoms with E-state index in [2.05, 4.69) is 17.0 Å². The SMILES string of the molecule is C[C@H](OC(=O)c1ccc(CN2CCCCC2)cc1)[C@H]1CCOC1. The highest BCUT2D eigenvalue weighted by Crippen LogP contribution is 2.20. The van der Waals surface area contributed by atoms with Gasteiger partial charge in [0.25, 0.3) is 0 Å². The second kappa shape index (κ2) is 7.93. The summed E-state index contributed by atoms with van der Waals surface area (Å²) in [6, 6.07) is 7.88. The van der Waals surface area contributed by atoms with E-state index >= 15 is 0 Å². The van der Waals surface area contributed by atoms with Crippen molar-refractivity contribution in [1.29, 1.82) is 0 Å². The first-order valence-electron chi connectivity index (χ1n) is 8.82. The topological polar surface area (TPSA) is 38.8 Å². The highest BCUT2D eigenvalue weighted by Gasteiger charge is 2.25. The summed E-state index contributed by atoms with van der Waals surface area (Å²) >= 11 is 0. The van der Waals surface area contributed by atoms with Crippen molar-refractivity contribution in [2.45, 2.75) is 45.3 Å². The largest absolute Gasteiger partial charge is 0.459 e. The van der Waals surface area contributed by atoms with Crippen LogP contribution in [0.25, 0.3) is 0 Å². The number of rotatable bonds is 5. The minimum Gasteiger partial charge on any atom is -0.459 e. The predicted octanol–water partition coefficient (Wildman–Crippen LogP) is 3.25. The molecular weight excluding hydrogens is 290 g/mol. The first kappa shape index (κ1) is 16.5. The Bertz CT molecular complexity index is 502. The zero-order valence-electron chi connectivity index (χ0n) is 14.0. The molecule has 1 aromatic rings. The third-order valence-corrected chi connectivity index (χ3v) is 4.97. The number of hydrogen-bond acceptors (Lipinski definition) is 4. The molecule has 0 amide bonds. The van der Waals surface area contributed by atoms with Gasteiger partial charge in [0.05, 0.1) is 12.2 Å². The summed E-state index contributed by atoms with van der Waals surface area (Å²) in [5, 5.41) is 0. The molecule has 2 heterocycles. The minimum absolute atomic E-state index is 0.0852. The molecule has 0 saturated carbocycles. The molecule has 3 rings (SSSR count). The number of piperidine rings is 1. The number of likely N-dealkylation sites (tertiary alicyclic amines) is 1. The van der Waals surface area contributed by atoms with Gasteiger partial charge in [-0.25, -0.2) is 4.79 Å². The number of carbonyl (C=O) groups is 1. The highest BCUT2D eigenvalue weighted by molar-refractivity contribution is 5.89. The van der Waals surface area contributed by atoms with Crippen LogP contribution in [0.15, 0.2) is 24.3 Å². The second-order valence-electron chi connectivity index (χ2n) is 6.77.